The van der Waals surface area contributed by atoms with E-state index in [1.807, 2.05) is 25.4 Å². The van der Waals surface area contributed by atoms with Gasteiger partial charge < -0.3 is 0 Å². The van der Waals surface area contributed by atoms with Crippen molar-refractivity contribution in [1.29, 1.82) is 0 Å². The molecular formula is C14H23O. The minimum absolute atomic E-state index is 0.0667. The van der Waals surface area contributed by atoms with E-state index in [-0.39, 0.29) is 5.92 Å². The van der Waals surface area contributed by atoms with Crippen molar-refractivity contribution < 1.29 is 4.79 Å². The first-order chi connectivity index (χ1) is 7.31. The fraction of sp³-hybridized carbons (Fsp3) is 0.643. The van der Waals surface area contributed by atoms with E-state index in [0.717, 1.165) is 6.42 Å². The van der Waals surface area contributed by atoms with Crippen molar-refractivity contribution in [2.75, 3.05) is 0 Å². The number of unbranched alkanes of at least 4 members (excludes halogenated alkanes) is 4. The predicted molar refractivity (Wildman–Crippen MR) is 66.5 cm³/mol. The van der Waals surface area contributed by atoms with Crippen LogP contribution in [0.25, 0.3) is 0 Å². The zero-order valence-electron chi connectivity index (χ0n) is 10.0. The van der Waals surface area contributed by atoms with Gasteiger partial charge in [-0.05, 0) is 19.3 Å². The number of rotatable bonds is 9. The first-order valence-corrected chi connectivity index (χ1v) is 6.00. The molecule has 1 nitrogen and oxygen atoms in total. The van der Waals surface area contributed by atoms with Crippen molar-refractivity contribution in [2.45, 2.75) is 52.4 Å². The molecule has 0 bridgehead atoms. The van der Waals surface area contributed by atoms with Gasteiger partial charge in [-0.25, -0.2) is 0 Å². The number of hydrogen-bond donors (Lipinski definition) is 0. The smallest absolute Gasteiger partial charge is 0.205 e. The van der Waals surface area contributed by atoms with E-state index < -0.39 is 0 Å². The highest BCUT2D eigenvalue weighted by atomic mass is 16.1. The topological polar surface area (TPSA) is 17.1 Å². The van der Waals surface area contributed by atoms with Crippen molar-refractivity contribution in [3.05, 3.63) is 24.3 Å². The van der Waals surface area contributed by atoms with Crippen LogP contribution in [0.1, 0.15) is 52.4 Å². The van der Waals surface area contributed by atoms with Crippen LogP contribution in [0.5, 0.6) is 0 Å². The summed E-state index contributed by atoms with van der Waals surface area (Å²) in [4.78, 5) is 10.2. The summed E-state index contributed by atoms with van der Waals surface area (Å²) >= 11 is 0. The van der Waals surface area contributed by atoms with Gasteiger partial charge in [-0.1, -0.05) is 57.4 Å². The van der Waals surface area contributed by atoms with Crippen LogP contribution in [0.3, 0.4) is 0 Å². The summed E-state index contributed by atoms with van der Waals surface area (Å²) in [5.74, 6) is -0.0667. The third-order valence-corrected chi connectivity index (χ3v) is 2.27. The molecule has 1 atom stereocenters. The van der Waals surface area contributed by atoms with Crippen LogP contribution < -0.4 is 0 Å². The minimum Gasteiger partial charge on any atom is -0.290 e. The highest BCUT2D eigenvalue weighted by Gasteiger charge is 1.90. The van der Waals surface area contributed by atoms with Crippen LogP contribution in [0.4, 0.5) is 0 Å². The Balaban J connectivity index is 3.31. The SMILES string of the molecule is CCCCCC/C=C/C/C=C/C(C)[C]=O. The van der Waals surface area contributed by atoms with Crippen molar-refractivity contribution in [3.8, 4) is 0 Å². The minimum atomic E-state index is -0.0667. The Hall–Kier alpha value is -0.850. The summed E-state index contributed by atoms with van der Waals surface area (Å²) < 4.78 is 0. The molecule has 0 aromatic heterocycles. The van der Waals surface area contributed by atoms with Crippen LogP contribution in [-0.2, 0) is 4.79 Å². The lowest BCUT2D eigenvalue weighted by Crippen LogP contribution is -1.87. The van der Waals surface area contributed by atoms with Crippen LogP contribution >= 0.6 is 0 Å². The largest absolute Gasteiger partial charge is 0.290 e. The molecule has 1 radical (unpaired) electrons. The normalized spacial score (nSPS) is 13.7. The van der Waals surface area contributed by atoms with Gasteiger partial charge in [0.1, 0.15) is 0 Å². The first kappa shape index (κ1) is 14.2. The van der Waals surface area contributed by atoms with E-state index in [9.17, 15) is 4.79 Å². The van der Waals surface area contributed by atoms with Crippen molar-refractivity contribution in [1.82, 2.24) is 0 Å². The van der Waals surface area contributed by atoms with Crippen LogP contribution in [0.15, 0.2) is 24.3 Å². The second-order valence-electron chi connectivity index (χ2n) is 3.89. The maximum atomic E-state index is 10.2. The molecule has 85 valence electrons. The summed E-state index contributed by atoms with van der Waals surface area (Å²) in [5.41, 5.74) is 0. The Morgan fingerprint density at radius 2 is 1.93 bits per heavy atom. The van der Waals surface area contributed by atoms with E-state index in [2.05, 4.69) is 19.1 Å². The molecule has 0 aliphatic rings. The van der Waals surface area contributed by atoms with Crippen molar-refractivity contribution >= 4 is 6.29 Å². The molecule has 0 amide bonds. The van der Waals surface area contributed by atoms with Crippen LogP contribution in [0.2, 0.25) is 0 Å². The second kappa shape index (κ2) is 11.2. The van der Waals surface area contributed by atoms with Crippen molar-refractivity contribution in [2.24, 2.45) is 5.92 Å². The number of carbonyl (C=O) groups excluding carboxylic acids is 1. The summed E-state index contributed by atoms with van der Waals surface area (Å²) in [5, 5.41) is 0. The first-order valence-electron chi connectivity index (χ1n) is 6.00. The number of allylic oxidation sites excluding steroid dienone is 4. The lowest BCUT2D eigenvalue weighted by Gasteiger charge is -1.93. The summed E-state index contributed by atoms with van der Waals surface area (Å²) in [6.07, 6.45) is 17.6. The van der Waals surface area contributed by atoms with Gasteiger partial charge in [0.25, 0.3) is 0 Å². The average Bonchev–Trinajstić information content (AvgIpc) is 2.26. The molecule has 0 rings (SSSR count). The molecule has 0 saturated heterocycles. The fourth-order valence-electron chi connectivity index (χ4n) is 1.30. The Bertz CT molecular complexity index is 192. The Kier molecular flexibility index (Phi) is 10.6. The van der Waals surface area contributed by atoms with Gasteiger partial charge in [0.15, 0.2) is 0 Å². The van der Waals surface area contributed by atoms with Gasteiger partial charge in [0.2, 0.25) is 6.29 Å². The van der Waals surface area contributed by atoms with E-state index in [1.165, 1.54) is 32.1 Å². The molecule has 1 unspecified atom stereocenters. The lowest BCUT2D eigenvalue weighted by atomic mass is 10.1. The Labute approximate surface area is 94.3 Å². The molecule has 0 saturated carbocycles. The highest BCUT2D eigenvalue weighted by Crippen LogP contribution is 2.03. The highest BCUT2D eigenvalue weighted by molar-refractivity contribution is 5.56. The summed E-state index contributed by atoms with van der Waals surface area (Å²) in [6, 6.07) is 0. The zero-order valence-corrected chi connectivity index (χ0v) is 10.0. The third kappa shape index (κ3) is 11.1. The van der Waals surface area contributed by atoms with E-state index >= 15 is 0 Å². The molecule has 0 aliphatic heterocycles. The van der Waals surface area contributed by atoms with Crippen molar-refractivity contribution in [3.63, 3.8) is 0 Å². The fourth-order valence-corrected chi connectivity index (χ4v) is 1.30. The van der Waals surface area contributed by atoms with Gasteiger partial charge >= 0.3 is 0 Å². The molecule has 0 aromatic carbocycles. The monoisotopic (exact) mass is 207 g/mol. The van der Waals surface area contributed by atoms with Crippen LogP contribution in [-0.4, -0.2) is 6.29 Å². The maximum Gasteiger partial charge on any atom is 0.205 e. The van der Waals surface area contributed by atoms with E-state index in [0.29, 0.717) is 0 Å². The van der Waals surface area contributed by atoms with Crippen LogP contribution in [0, 0.1) is 5.92 Å². The third-order valence-electron chi connectivity index (χ3n) is 2.27. The standard InChI is InChI=1S/C14H23O/c1-3-4-5-6-7-8-9-10-11-12-14(2)13-15/h8-9,11-12,14H,3-7,10H2,1-2H3/b9-8+,12-11+. The molecule has 0 spiro atoms. The van der Waals surface area contributed by atoms with Gasteiger partial charge in [-0.15, -0.1) is 0 Å². The zero-order chi connectivity index (χ0) is 11.4. The molecule has 0 aromatic rings. The Morgan fingerprint density at radius 3 is 2.60 bits per heavy atom. The molecule has 15 heavy (non-hydrogen) atoms. The number of hydrogen-bond acceptors (Lipinski definition) is 1. The van der Waals surface area contributed by atoms with Gasteiger partial charge in [0, 0.05) is 5.92 Å². The quantitative estimate of drug-likeness (QED) is 0.409. The predicted octanol–water partition coefficient (Wildman–Crippen LogP) is 4.21. The molecule has 0 N–H and O–H groups in total. The lowest BCUT2D eigenvalue weighted by molar-refractivity contribution is 0.543. The van der Waals surface area contributed by atoms with E-state index in [1.54, 1.807) is 0 Å². The molecule has 0 fully saturated rings. The summed E-state index contributed by atoms with van der Waals surface area (Å²) in [6.45, 7) is 4.07. The molecular weight excluding hydrogens is 184 g/mol. The molecule has 0 aliphatic carbocycles. The van der Waals surface area contributed by atoms with Gasteiger partial charge in [-0.2, -0.15) is 0 Å². The van der Waals surface area contributed by atoms with E-state index in [4.69, 9.17) is 0 Å². The second-order valence-corrected chi connectivity index (χ2v) is 3.89. The molecule has 0 heterocycles. The Morgan fingerprint density at radius 1 is 1.13 bits per heavy atom. The molecule has 1 heteroatoms. The maximum absolute atomic E-state index is 10.2. The summed E-state index contributed by atoms with van der Waals surface area (Å²) in [7, 11) is 0. The van der Waals surface area contributed by atoms with Gasteiger partial charge in [0.05, 0.1) is 0 Å². The average molecular weight is 207 g/mol. The van der Waals surface area contributed by atoms with Gasteiger partial charge in [-0.3, -0.25) is 4.79 Å².